The van der Waals surface area contributed by atoms with Gasteiger partial charge in [0, 0.05) is 5.02 Å². The number of benzene rings is 1. The summed E-state index contributed by atoms with van der Waals surface area (Å²) in [5.74, 6) is -1.84. The lowest BCUT2D eigenvalue weighted by Crippen LogP contribution is -2.52. The summed E-state index contributed by atoms with van der Waals surface area (Å²) in [6.07, 6.45) is 0.00153. The number of rotatable bonds is 6. The molecule has 6 heteroatoms. The number of halogens is 1. The first-order valence-electron chi connectivity index (χ1n) is 6.73. The Morgan fingerprint density at radius 1 is 1.36 bits per heavy atom. The van der Waals surface area contributed by atoms with Gasteiger partial charge in [-0.2, -0.15) is 0 Å². The molecule has 1 aromatic rings. The van der Waals surface area contributed by atoms with Crippen LogP contribution in [0.15, 0.2) is 30.3 Å². The Balaban J connectivity index is 3.15. The number of esters is 1. The van der Waals surface area contributed by atoms with Crippen LogP contribution in [0.5, 0.6) is 0 Å². The van der Waals surface area contributed by atoms with E-state index in [9.17, 15) is 19.8 Å². The highest BCUT2D eigenvalue weighted by Gasteiger charge is 2.45. The summed E-state index contributed by atoms with van der Waals surface area (Å²) < 4.78 is 4.92. The second kappa shape index (κ2) is 7.54. The van der Waals surface area contributed by atoms with Crippen molar-refractivity contribution in [1.82, 2.24) is 0 Å². The average Bonchev–Trinajstić information content (AvgIpc) is 2.43. The SMILES string of the molecule is CC(=O)[C@H](O)[C@](O)(/C=C/c1cccc(Cl)c1)C(=O)OC(C)C. The third-order valence-electron chi connectivity index (χ3n) is 2.85. The standard InChI is InChI=1S/C16H19ClO5/c1-10(2)22-15(20)16(21,14(19)11(3)18)8-7-12-5-4-6-13(17)9-12/h4-10,14,19,21H,1-3H3/b8-7+/t14-,16+/m0/s1. The third kappa shape index (κ3) is 4.66. The maximum absolute atomic E-state index is 12.0. The Morgan fingerprint density at radius 2 is 2.00 bits per heavy atom. The lowest BCUT2D eigenvalue weighted by Gasteiger charge is -2.27. The number of hydrogen-bond donors (Lipinski definition) is 2. The molecule has 0 radical (unpaired) electrons. The number of carbonyl (C=O) groups excluding carboxylic acids is 2. The summed E-state index contributed by atoms with van der Waals surface area (Å²) in [5.41, 5.74) is -1.86. The minimum absolute atomic E-state index is 0.475. The van der Waals surface area contributed by atoms with E-state index in [1.807, 2.05) is 0 Å². The van der Waals surface area contributed by atoms with Crippen molar-refractivity contribution in [2.24, 2.45) is 0 Å². The quantitative estimate of drug-likeness (QED) is 0.781. The third-order valence-corrected chi connectivity index (χ3v) is 3.09. The van der Waals surface area contributed by atoms with Gasteiger partial charge in [-0.05, 0) is 44.5 Å². The first-order chi connectivity index (χ1) is 10.2. The average molecular weight is 327 g/mol. The number of aliphatic hydroxyl groups excluding tert-OH is 1. The largest absolute Gasteiger partial charge is 0.461 e. The van der Waals surface area contributed by atoms with Crippen molar-refractivity contribution >= 4 is 29.4 Å². The number of Topliss-reactive ketones (excluding diaryl/α,β-unsaturated/α-hetero) is 1. The van der Waals surface area contributed by atoms with E-state index in [2.05, 4.69) is 0 Å². The fraction of sp³-hybridized carbons (Fsp3) is 0.375. The van der Waals surface area contributed by atoms with Crippen molar-refractivity contribution < 1.29 is 24.5 Å². The molecule has 0 heterocycles. The highest BCUT2D eigenvalue weighted by molar-refractivity contribution is 6.30. The van der Waals surface area contributed by atoms with E-state index in [-0.39, 0.29) is 0 Å². The zero-order valence-corrected chi connectivity index (χ0v) is 13.4. The maximum atomic E-state index is 12.0. The minimum Gasteiger partial charge on any atom is -0.461 e. The monoisotopic (exact) mass is 326 g/mol. The number of ether oxygens (including phenoxy) is 1. The Labute approximate surface area is 134 Å². The van der Waals surface area contributed by atoms with Gasteiger partial charge >= 0.3 is 5.97 Å². The molecule has 2 N–H and O–H groups in total. The predicted octanol–water partition coefficient (Wildman–Crippen LogP) is 1.99. The summed E-state index contributed by atoms with van der Waals surface area (Å²) in [5, 5.41) is 20.8. The molecule has 0 saturated heterocycles. The topological polar surface area (TPSA) is 83.8 Å². The van der Waals surface area contributed by atoms with Gasteiger partial charge in [-0.15, -0.1) is 0 Å². The molecule has 0 spiro atoms. The molecular weight excluding hydrogens is 308 g/mol. The van der Waals surface area contributed by atoms with E-state index >= 15 is 0 Å². The molecule has 2 atom stereocenters. The predicted molar refractivity (Wildman–Crippen MR) is 83.4 cm³/mol. The van der Waals surface area contributed by atoms with Crippen LogP contribution in [0.1, 0.15) is 26.3 Å². The Kier molecular flexibility index (Phi) is 6.29. The fourth-order valence-electron chi connectivity index (χ4n) is 1.72. The number of aliphatic hydroxyl groups is 2. The van der Waals surface area contributed by atoms with Gasteiger partial charge in [0.1, 0.15) is 0 Å². The highest BCUT2D eigenvalue weighted by atomic mass is 35.5. The molecule has 120 valence electrons. The zero-order valence-electron chi connectivity index (χ0n) is 12.6. The van der Waals surface area contributed by atoms with Crippen LogP contribution in [0.3, 0.4) is 0 Å². The lowest BCUT2D eigenvalue weighted by atomic mass is 9.92. The molecule has 0 fully saturated rings. The summed E-state index contributed by atoms with van der Waals surface area (Å²) in [4.78, 5) is 23.4. The zero-order chi connectivity index (χ0) is 16.9. The van der Waals surface area contributed by atoms with Crippen LogP contribution in [0.25, 0.3) is 6.08 Å². The van der Waals surface area contributed by atoms with Gasteiger partial charge in [-0.1, -0.05) is 29.8 Å². The van der Waals surface area contributed by atoms with E-state index < -0.39 is 29.6 Å². The molecule has 0 amide bonds. The van der Waals surface area contributed by atoms with Crippen LogP contribution in [-0.2, 0) is 14.3 Å². The smallest absolute Gasteiger partial charge is 0.345 e. The molecule has 22 heavy (non-hydrogen) atoms. The van der Waals surface area contributed by atoms with Crippen LogP contribution in [-0.4, -0.2) is 39.8 Å². The van der Waals surface area contributed by atoms with Crippen molar-refractivity contribution in [2.45, 2.75) is 38.6 Å². The summed E-state index contributed by atoms with van der Waals surface area (Å²) >= 11 is 5.85. The van der Waals surface area contributed by atoms with Crippen LogP contribution in [0.4, 0.5) is 0 Å². The van der Waals surface area contributed by atoms with Crippen LogP contribution in [0.2, 0.25) is 5.02 Å². The maximum Gasteiger partial charge on any atom is 0.345 e. The molecule has 1 rings (SSSR count). The van der Waals surface area contributed by atoms with Crippen molar-refractivity contribution in [2.75, 3.05) is 0 Å². The van der Waals surface area contributed by atoms with Gasteiger partial charge in [0.25, 0.3) is 0 Å². The summed E-state index contributed by atoms with van der Waals surface area (Å²) in [7, 11) is 0. The molecule has 0 aromatic heterocycles. The molecule has 0 aliphatic rings. The van der Waals surface area contributed by atoms with Crippen molar-refractivity contribution in [3.8, 4) is 0 Å². The van der Waals surface area contributed by atoms with Crippen molar-refractivity contribution in [3.05, 3.63) is 40.9 Å². The first-order valence-corrected chi connectivity index (χ1v) is 7.11. The Hall–Kier alpha value is -1.69. The van der Waals surface area contributed by atoms with Crippen LogP contribution < -0.4 is 0 Å². The van der Waals surface area contributed by atoms with Crippen LogP contribution in [0, 0.1) is 0 Å². The second-order valence-electron chi connectivity index (χ2n) is 5.18. The number of carbonyl (C=O) groups is 2. The molecule has 0 unspecified atom stereocenters. The van der Waals surface area contributed by atoms with Gasteiger partial charge in [-0.25, -0.2) is 4.79 Å². The first kappa shape index (κ1) is 18.4. The van der Waals surface area contributed by atoms with Gasteiger partial charge in [0.05, 0.1) is 6.10 Å². The van der Waals surface area contributed by atoms with E-state index in [4.69, 9.17) is 16.3 Å². The summed E-state index contributed by atoms with van der Waals surface area (Å²) in [6.45, 7) is 4.27. The van der Waals surface area contributed by atoms with E-state index in [1.165, 1.54) is 6.08 Å². The molecule has 0 bridgehead atoms. The Morgan fingerprint density at radius 3 is 2.50 bits per heavy atom. The summed E-state index contributed by atoms with van der Waals surface area (Å²) in [6, 6.07) is 6.65. The van der Waals surface area contributed by atoms with E-state index in [0.29, 0.717) is 10.6 Å². The lowest BCUT2D eigenvalue weighted by molar-refractivity contribution is -0.176. The minimum atomic E-state index is -2.46. The van der Waals surface area contributed by atoms with Crippen molar-refractivity contribution in [3.63, 3.8) is 0 Å². The highest BCUT2D eigenvalue weighted by Crippen LogP contribution is 2.20. The van der Waals surface area contributed by atoms with Crippen molar-refractivity contribution in [1.29, 1.82) is 0 Å². The normalized spacial score (nSPS) is 15.6. The molecule has 0 aliphatic carbocycles. The second-order valence-corrected chi connectivity index (χ2v) is 5.62. The Bertz CT molecular complexity index is 582. The number of ketones is 1. The van der Waals surface area contributed by atoms with E-state index in [0.717, 1.165) is 13.0 Å². The molecule has 1 aromatic carbocycles. The fourth-order valence-corrected chi connectivity index (χ4v) is 1.92. The molecule has 5 nitrogen and oxygen atoms in total. The van der Waals surface area contributed by atoms with Crippen LogP contribution >= 0.6 is 11.6 Å². The van der Waals surface area contributed by atoms with E-state index in [1.54, 1.807) is 38.1 Å². The van der Waals surface area contributed by atoms with Gasteiger partial charge in [0.15, 0.2) is 11.9 Å². The molecular formula is C16H19ClO5. The number of hydrogen-bond acceptors (Lipinski definition) is 5. The van der Waals surface area contributed by atoms with Gasteiger partial charge < -0.3 is 14.9 Å². The van der Waals surface area contributed by atoms with Gasteiger partial charge in [-0.3, -0.25) is 4.79 Å². The van der Waals surface area contributed by atoms with Gasteiger partial charge in [0.2, 0.25) is 5.60 Å². The molecule has 0 aliphatic heterocycles. The molecule has 0 saturated carbocycles.